The second kappa shape index (κ2) is 7.88. The van der Waals surface area contributed by atoms with Crippen LogP contribution < -0.4 is 5.32 Å². The Balaban J connectivity index is 1.76. The first-order valence-electron chi connectivity index (χ1n) is 8.07. The monoisotopic (exact) mass is 367 g/mol. The van der Waals surface area contributed by atoms with Crippen molar-refractivity contribution in [2.45, 2.75) is 13.3 Å². The molecule has 0 bridgehead atoms. The van der Waals surface area contributed by atoms with Gasteiger partial charge in [0.25, 0.3) is 5.69 Å². The first-order valence-corrected chi connectivity index (χ1v) is 8.95. The fourth-order valence-electron chi connectivity index (χ4n) is 2.55. The number of hydrogen-bond acceptors (Lipinski definition) is 6. The van der Waals surface area contributed by atoms with Crippen molar-refractivity contribution >= 4 is 28.5 Å². The molecular formula is C19H17N3O3S. The maximum Gasteiger partial charge on any atom is 0.293 e. The smallest absolute Gasteiger partial charge is 0.293 e. The van der Waals surface area contributed by atoms with Gasteiger partial charge in [-0.1, -0.05) is 30.3 Å². The molecule has 3 rings (SSSR count). The highest BCUT2D eigenvalue weighted by molar-refractivity contribution is 7.09. The molecule has 2 aromatic carbocycles. The van der Waals surface area contributed by atoms with Gasteiger partial charge in [-0.05, 0) is 19.1 Å². The molecule has 3 aromatic rings. The number of ketones is 1. The molecule has 132 valence electrons. The van der Waals surface area contributed by atoms with E-state index in [-0.39, 0.29) is 11.5 Å². The zero-order valence-corrected chi connectivity index (χ0v) is 15.0. The van der Waals surface area contributed by atoms with E-state index in [0.29, 0.717) is 29.8 Å². The number of carbonyl (C=O) groups is 1. The predicted molar refractivity (Wildman–Crippen MR) is 102 cm³/mol. The van der Waals surface area contributed by atoms with Crippen molar-refractivity contribution in [3.05, 3.63) is 85.9 Å². The zero-order valence-electron chi connectivity index (χ0n) is 14.1. The topological polar surface area (TPSA) is 85.1 Å². The molecule has 0 radical (unpaired) electrons. The molecule has 1 heterocycles. The van der Waals surface area contributed by atoms with Crippen molar-refractivity contribution in [2.75, 3.05) is 11.9 Å². The van der Waals surface area contributed by atoms with Crippen molar-refractivity contribution in [3.63, 3.8) is 0 Å². The largest absolute Gasteiger partial charge is 0.379 e. The fraction of sp³-hybridized carbons (Fsp3) is 0.158. The maximum absolute atomic E-state index is 12.5. The lowest BCUT2D eigenvalue weighted by Crippen LogP contribution is -2.08. The van der Waals surface area contributed by atoms with E-state index in [9.17, 15) is 14.9 Å². The quantitative estimate of drug-likeness (QED) is 0.383. The van der Waals surface area contributed by atoms with Gasteiger partial charge in [0.15, 0.2) is 5.78 Å². The van der Waals surface area contributed by atoms with E-state index in [0.717, 1.165) is 10.7 Å². The number of nitro benzene ring substituents is 1. The van der Waals surface area contributed by atoms with Gasteiger partial charge in [0.05, 0.1) is 9.93 Å². The van der Waals surface area contributed by atoms with Crippen LogP contribution in [0.5, 0.6) is 0 Å². The summed E-state index contributed by atoms with van der Waals surface area (Å²) in [6.45, 7) is 2.46. The summed E-state index contributed by atoms with van der Waals surface area (Å²) in [5.41, 5.74) is 2.06. The van der Waals surface area contributed by atoms with Crippen molar-refractivity contribution in [2.24, 2.45) is 0 Å². The zero-order chi connectivity index (χ0) is 18.5. The average molecular weight is 367 g/mol. The molecule has 0 atom stereocenters. The van der Waals surface area contributed by atoms with E-state index in [1.807, 2.05) is 18.4 Å². The van der Waals surface area contributed by atoms with Crippen LogP contribution in [0.2, 0.25) is 0 Å². The molecule has 26 heavy (non-hydrogen) atoms. The molecule has 0 spiro atoms. The average Bonchev–Trinajstić information content (AvgIpc) is 3.07. The highest BCUT2D eigenvalue weighted by Crippen LogP contribution is 2.27. The van der Waals surface area contributed by atoms with Crippen LogP contribution in [0.15, 0.2) is 53.9 Å². The number of hydrogen-bond donors (Lipinski definition) is 1. The third kappa shape index (κ3) is 4.12. The number of aryl methyl sites for hydroxylation is 1. The number of thiazole rings is 1. The Hall–Kier alpha value is -3.06. The Labute approximate surface area is 154 Å². The van der Waals surface area contributed by atoms with E-state index in [4.69, 9.17) is 0 Å². The van der Waals surface area contributed by atoms with Gasteiger partial charge >= 0.3 is 0 Å². The lowest BCUT2D eigenvalue weighted by molar-refractivity contribution is -0.384. The number of nitrogens with zero attached hydrogens (tertiary/aromatic N) is 2. The van der Waals surface area contributed by atoms with Crippen molar-refractivity contribution < 1.29 is 9.72 Å². The van der Waals surface area contributed by atoms with E-state index in [1.165, 1.54) is 6.07 Å². The summed E-state index contributed by atoms with van der Waals surface area (Å²) in [5, 5.41) is 17.4. The van der Waals surface area contributed by atoms with Gasteiger partial charge < -0.3 is 5.32 Å². The van der Waals surface area contributed by atoms with E-state index < -0.39 is 4.92 Å². The Kier molecular flexibility index (Phi) is 5.38. The van der Waals surface area contributed by atoms with E-state index in [2.05, 4.69) is 10.3 Å². The van der Waals surface area contributed by atoms with Crippen LogP contribution in [-0.2, 0) is 6.42 Å². The predicted octanol–water partition coefficient (Wildman–Crippen LogP) is 4.25. The molecule has 0 aliphatic heterocycles. The molecule has 0 aliphatic rings. The van der Waals surface area contributed by atoms with Gasteiger partial charge in [0, 0.05) is 41.2 Å². The summed E-state index contributed by atoms with van der Waals surface area (Å²) >= 11 is 1.57. The number of anilines is 1. The molecule has 0 amide bonds. The minimum Gasteiger partial charge on any atom is -0.379 e. The lowest BCUT2D eigenvalue weighted by atomic mass is 10.0. The minimum absolute atomic E-state index is 0.109. The summed E-state index contributed by atoms with van der Waals surface area (Å²) in [6.07, 6.45) is 0.681. The van der Waals surface area contributed by atoms with Crippen molar-refractivity contribution in [1.29, 1.82) is 0 Å². The highest BCUT2D eigenvalue weighted by Gasteiger charge is 2.18. The Bertz CT molecular complexity index is 938. The van der Waals surface area contributed by atoms with Crippen molar-refractivity contribution in [1.82, 2.24) is 4.98 Å². The first-order chi connectivity index (χ1) is 12.5. The molecule has 0 saturated carbocycles. The minimum atomic E-state index is -0.475. The summed E-state index contributed by atoms with van der Waals surface area (Å²) in [7, 11) is 0. The molecule has 0 fully saturated rings. The summed E-state index contributed by atoms with van der Waals surface area (Å²) < 4.78 is 0. The molecule has 0 aliphatic carbocycles. The van der Waals surface area contributed by atoms with Crippen LogP contribution in [-0.4, -0.2) is 22.2 Å². The van der Waals surface area contributed by atoms with E-state index in [1.54, 1.807) is 47.7 Å². The van der Waals surface area contributed by atoms with Crippen LogP contribution >= 0.6 is 11.3 Å². The Morgan fingerprint density at radius 2 is 1.96 bits per heavy atom. The first kappa shape index (κ1) is 17.8. The fourth-order valence-corrected chi connectivity index (χ4v) is 3.33. The van der Waals surface area contributed by atoms with Crippen LogP contribution in [0.4, 0.5) is 11.4 Å². The third-order valence-electron chi connectivity index (χ3n) is 3.81. The van der Waals surface area contributed by atoms with Crippen LogP contribution in [0.3, 0.4) is 0 Å². The standard InChI is InChI=1S/C19H17N3O3S/c1-13-12-26-18(21-13)9-10-20-16-8-7-15(11-17(16)22(24)25)19(23)14-5-3-2-4-6-14/h2-8,11-12,20H,9-10H2,1H3. The second-order valence-electron chi connectivity index (χ2n) is 5.74. The van der Waals surface area contributed by atoms with Gasteiger partial charge in [-0.25, -0.2) is 4.98 Å². The van der Waals surface area contributed by atoms with Gasteiger partial charge in [-0.2, -0.15) is 0 Å². The summed E-state index contributed by atoms with van der Waals surface area (Å²) in [4.78, 5) is 27.8. The number of rotatable bonds is 7. The number of benzene rings is 2. The maximum atomic E-state index is 12.5. The summed E-state index contributed by atoms with van der Waals surface area (Å²) in [5.74, 6) is -0.237. The number of aromatic nitrogens is 1. The van der Waals surface area contributed by atoms with Crippen LogP contribution in [0, 0.1) is 17.0 Å². The second-order valence-corrected chi connectivity index (χ2v) is 6.69. The molecule has 0 unspecified atom stereocenters. The highest BCUT2D eigenvalue weighted by atomic mass is 32.1. The van der Waals surface area contributed by atoms with Crippen LogP contribution in [0.1, 0.15) is 26.6 Å². The number of nitro groups is 1. The molecule has 0 saturated heterocycles. The SMILES string of the molecule is Cc1csc(CCNc2ccc(C(=O)c3ccccc3)cc2[N+](=O)[O-])n1. The van der Waals surface area contributed by atoms with Gasteiger partial charge in [-0.15, -0.1) is 11.3 Å². The Morgan fingerprint density at radius 1 is 1.19 bits per heavy atom. The Morgan fingerprint density at radius 3 is 2.62 bits per heavy atom. The molecular weight excluding hydrogens is 350 g/mol. The molecule has 1 aromatic heterocycles. The molecule has 1 N–H and O–H groups in total. The van der Waals surface area contributed by atoms with Gasteiger partial charge in [0.1, 0.15) is 5.69 Å². The van der Waals surface area contributed by atoms with Gasteiger partial charge in [-0.3, -0.25) is 14.9 Å². The normalized spacial score (nSPS) is 10.5. The lowest BCUT2D eigenvalue weighted by Gasteiger charge is -2.08. The summed E-state index contributed by atoms with van der Waals surface area (Å²) in [6, 6.07) is 13.2. The third-order valence-corrected chi connectivity index (χ3v) is 4.84. The molecule has 6 nitrogen and oxygen atoms in total. The van der Waals surface area contributed by atoms with Crippen LogP contribution in [0.25, 0.3) is 0 Å². The molecule has 7 heteroatoms. The van der Waals surface area contributed by atoms with Crippen molar-refractivity contribution in [3.8, 4) is 0 Å². The van der Waals surface area contributed by atoms with Gasteiger partial charge in [0.2, 0.25) is 0 Å². The van der Waals surface area contributed by atoms with E-state index >= 15 is 0 Å². The number of carbonyl (C=O) groups excluding carboxylic acids is 1. The number of nitrogens with one attached hydrogen (secondary N) is 1.